The third-order valence-electron chi connectivity index (χ3n) is 2.13. The van der Waals surface area contributed by atoms with Crippen LogP contribution in [0.4, 0.5) is 0 Å². The van der Waals surface area contributed by atoms with Gasteiger partial charge in [-0.25, -0.2) is 0 Å². The number of hydrogen-bond donors (Lipinski definition) is 0. The molecular weight excluding hydrogens is 194 g/mol. The minimum Gasteiger partial charge on any atom is -0.382 e. The number of Topliss-reactive ketones (excluding diaryl/α,β-unsaturated/α-hetero) is 1. The first-order chi connectivity index (χ1) is 7.15. The average molecular weight is 211 g/mol. The lowest BCUT2D eigenvalue weighted by Crippen LogP contribution is -2.21. The van der Waals surface area contributed by atoms with Crippen LogP contribution in [0.5, 0.6) is 0 Å². The van der Waals surface area contributed by atoms with Crippen molar-refractivity contribution in [3.8, 4) is 0 Å². The third kappa shape index (κ3) is 3.49. The summed E-state index contributed by atoms with van der Waals surface area (Å²) in [6, 6.07) is 3.62. The van der Waals surface area contributed by atoms with E-state index in [-0.39, 0.29) is 18.5 Å². The predicted octanol–water partition coefficient (Wildman–Crippen LogP) is 1.26. The molecule has 15 heavy (non-hydrogen) atoms. The topological polar surface area (TPSA) is 40.5 Å². The zero-order chi connectivity index (χ0) is 11.3. The van der Waals surface area contributed by atoms with Crippen LogP contribution in [0.2, 0.25) is 0 Å². The summed E-state index contributed by atoms with van der Waals surface area (Å²) < 4.78 is 12.0. The van der Waals surface area contributed by atoms with Crippen molar-refractivity contribution in [3.05, 3.63) is 24.0 Å². The molecule has 1 heterocycles. The normalized spacial score (nSPS) is 12.7. The van der Waals surface area contributed by atoms with Crippen molar-refractivity contribution in [1.29, 1.82) is 0 Å². The highest BCUT2D eigenvalue weighted by atomic mass is 16.5. The van der Waals surface area contributed by atoms with Gasteiger partial charge in [0.25, 0.3) is 0 Å². The van der Waals surface area contributed by atoms with Crippen LogP contribution in [0.25, 0.3) is 0 Å². The van der Waals surface area contributed by atoms with Gasteiger partial charge in [-0.3, -0.25) is 4.79 Å². The molecular formula is C11H17NO3. The van der Waals surface area contributed by atoms with Crippen LogP contribution in [0, 0.1) is 0 Å². The Balaban J connectivity index is 2.40. The van der Waals surface area contributed by atoms with E-state index in [0.29, 0.717) is 12.3 Å². The average Bonchev–Trinajstić information content (AvgIpc) is 2.61. The van der Waals surface area contributed by atoms with Gasteiger partial charge in [0.2, 0.25) is 5.78 Å². The molecule has 1 rings (SSSR count). The van der Waals surface area contributed by atoms with Gasteiger partial charge in [-0.1, -0.05) is 0 Å². The molecule has 1 aromatic rings. The van der Waals surface area contributed by atoms with Gasteiger partial charge in [-0.15, -0.1) is 0 Å². The Morgan fingerprint density at radius 2 is 2.33 bits per heavy atom. The molecule has 0 N–H and O–H groups in total. The zero-order valence-corrected chi connectivity index (χ0v) is 9.40. The lowest BCUT2D eigenvalue weighted by molar-refractivity contribution is 0.0122. The highest BCUT2D eigenvalue weighted by Gasteiger charge is 2.11. The van der Waals surface area contributed by atoms with Crippen molar-refractivity contribution in [2.75, 3.05) is 20.3 Å². The largest absolute Gasteiger partial charge is 0.382 e. The quantitative estimate of drug-likeness (QED) is 0.665. The molecule has 1 atom stereocenters. The first-order valence-electron chi connectivity index (χ1n) is 4.90. The molecule has 0 aliphatic carbocycles. The number of hydrogen-bond acceptors (Lipinski definition) is 3. The molecule has 0 aromatic carbocycles. The summed E-state index contributed by atoms with van der Waals surface area (Å²) in [6.07, 6.45) is 1.78. The van der Waals surface area contributed by atoms with E-state index >= 15 is 0 Å². The number of aromatic nitrogens is 1. The van der Waals surface area contributed by atoms with E-state index in [2.05, 4.69) is 0 Å². The van der Waals surface area contributed by atoms with Crippen LogP contribution in [-0.4, -0.2) is 36.8 Å². The van der Waals surface area contributed by atoms with Crippen LogP contribution >= 0.6 is 0 Å². The molecule has 0 spiro atoms. The minimum absolute atomic E-state index is 0.00884. The van der Waals surface area contributed by atoms with Gasteiger partial charge in [0.1, 0.15) is 6.61 Å². The fourth-order valence-corrected chi connectivity index (χ4v) is 1.33. The molecule has 0 aliphatic rings. The molecule has 0 fully saturated rings. The molecule has 84 valence electrons. The second kappa shape index (κ2) is 5.68. The Hall–Kier alpha value is -1.13. The maximum Gasteiger partial charge on any atom is 0.204 e. The highest BCUT2D eigenvalue weighted by molar-refractivity contribution is 5.95. The molecule has 0 aliphatic heterocycles. The molecule has 0 saturated carbocycles. The Morgan fingerprint density at radius 1 is 1.60 bits per heavy atom. The molecule has 0 amide bonds. The van der Waals surface area contributed by atoms with Crippen molar-refractivity contribution in [1.82, 2.24) is 4.57 Å². The maximum absolute atomic E-state index is 11.6. The number of carbonyl (C=O) groups excluding carboxylic acids is 1. The van der Waals surface area contributed by atoms with Gasteiger partial charge < -0.3 is 14.0 Å². The van der Waals surface area contributed by atoms with Gasteiger partial charge in [0.15, 0.2) is 0 Å². The molecule has 4 nitrogen and oxygen atoms in total. The van der Waals surface area contributed by atoms with E-state index in [9.17, 15) is 4.79 Å². The fourth-order valence-electron chi connectivity index (χ4n) is 1.33. The van der Waals surface area contributed by atoms with Crippen molar-refractivity contribution >= 4 is 5.78 Å². The van der Waals surface area contributed by atoms with Crippen LogP contribution < -0.4 is 0 Å². The number of nitrogens with zero attached hydrogens (tertiary/aromatic N) is 1. The summed E-state index contributed by atoms with van der Waals surface area (Å²) in [4.78, 5) is 11.6. The number of aryl methyl sites for hydroxylation is 1. The summed E-state index contributed by atoms with van der Waals surface area (Å²) in [7, 11) is 3.45. The summed E-state index contributed by atoms with van der Waals surface area (Å²) in [6.45, 7) is 2.48. The van der Waals surface area contributed by atoms with Crippen molar-refractivity contribution in [2.24, 2.45) is 7.05 Å². The first kappa shape index (κ1) is 11.9. The Labute approximate surface area is 89.8 Å². The van der Waals surface area contributed by atoms with E-state index in [4.69, 9.17) is 9.47 Å². The summed E-state index contributed by atoms with van der Waals surface area (Å²) in [5.74, 6) is -0.00884. The van der Waals surface area contributed by atoms with Gasteiger partial charge in [-0.05, 0) is 19.1 Å². The predicted molar refractivity (Wildman–Crippen MR) is 57.0 cm³/mol. The Bertz CT molecular complexity index is 319. The molecule has 4 heteroatoms. The van der Waals surface area contributed by atoms with Crippen molar-refractivity contribution in [3.63, 3.8) is 0 Å². The van der Waals surface area contributed by atoms with Gasteiger partial charge >= 0.3 is 0 Å². The molecule has 0 saturated heterocycles. The number of ketones is 1. The number of methoxy groups -OCH3 is 1. The summed E-state index contributed by atoms with van der Waals surface area (Å²) in [5.41, 5.74) is 0.666. The van der Waals surface area contributed by atoms with Crippen molar-refractivity contribution in [2.45, 2.75) is 13.0 Å². The molecule has 1 unspecified atom stereocenters. The van der Waals surface area contributed by atoms with Crippen LogP contribution in [-0.2, 0) is 16.5 Å². The van der Waals surface area contributed by atoms with Crippen molar-refractivity contribution < 1.29 is 14.3 Å². The minimum atomic E-state index is -0.0563. The lowest BCUT2D eigenvalue weighted by atomic mass is 10.3. The van der Waals surface area contributed by atoms with Crippen LogP contribution in [0.1, 0.15) is 17.4 Å². The maximum atomic E-state index is 11.6. The van der Waals surface area contributed by atoms with E-state index in [1.165, 1.54) is 0 Å². The van der Waals surface area contributed by atoms with Gasteiger partial charge in [0, 0.05) is 20.4 Å². The number of rotatable bonds is 6. The molecule has 1 aromatic heterocycles. The van der Waals surface area contributed by atoms with Gasteiger partial charge in [0.05, 0.1) is 18.4 Å². The molecule has 0 bridgehead atoms. The lowest BCUT2D eigenvalue weighted by Gasteiger charge is -2.11. The van der Waals surface area contributed by atoms with Crippen LogP contribution in [0.15, 0.2) is 18.3 Å². The fraction of sp³-hybridized carbons (Fsp3) is 0.545. The Morgan fingerprint density at radius 3 is 2.87 bits per heavy atom. The van der Waals surface area contributed by atoms with E-state index < -0.39 is 0 Å². The molecule has 0 radical (unpaired) electrons. The summed E-state index contributed by atoms with van der Waals surface area (Å²) >= 11 is 0. The monoisotopic (exact) mass is 211 g/mol. The van der Waals surface area contributed by atoms with E-state index in [0.717, 1.165) is 0 Å². The Kier molecular flexibility index (Phi) is 4.52. The number of ether oxygens (including phenoxy) is 2. The smallest absolute Gasteiger partial charge is 0.204 e. The first-order valence-corrected chi connectivity index (χ1v) is 4.90. The van der Waals surface area contributed by atoms with Crippen LogP contribution in [0.3, 0.4) is 0 Å². The second-order valence-electron chi connectivity index (χ2n) is 3.50. The van der Waals surface area contributed by atoms with Gasteiger partial charge in [-0.2, -0.15) is 0 Å². The number of carbonyl (C=O) groups is 1. The summed E-state index contributed by atoms with van der Waals surface area (Å²) in [5, 5.41) is 0. The third-order valence-corrected chi connectivity index (χ3v) is 2.13. The van der Waals surface area contributed by atoms with E-state index in [1.807, 2.05) is 26.2 Å². The second-order valence-corrected chi connectivity index (χ2v) is 3.50. The van der Waals surface area contributed by atoms with E-state index in [1.54, 1.807) is 17.7 Å². The standard InChI is InChI=1S/C11H17NO3/c1-9(7-14-3)15-8-11(13)10-5-4-6-12(10)2/h4-6,9H,7-8H2,1-3H3. The highest BCUT2D eigenvalue weighted by Crippen LogP contribution is 2.02. The SMILES string of the molecule is COCC(C)OCC(=O)c1cccn1C. The zero-order valence-electron chi connectivity index (χ0n) is 9.40.